The van der Waals surface area contributed by atoms with E-state index in [2.05, 4.69) is 15.6 Å². The van der Waals surface area contributed by atoms with Crippen LogP contribution in [0, 0.1) is 5.82 Å². The van der Waals surface area contributed by atoms with Crippen molar-refractivity contribution in [2.75, 3.05) is 0 Å². The molecule has 0 saturated heterocycles. The molecule has 0 radical (unpaired) electrons. The van der Waals surface area contributed by atoms with E-state index in [9.17, 15) is 18.8 Å². The Morgan fingerprint density at radius 3 is 2.62 bits per heavy atom. The highest BCUT2D eigenvalue weighted by Crippen LogP contribution is 2.24. The van der Waals surface area contributed by atoms with Gasteiger partial charge >= 0.3 is 12.0 Å². The first-order valence-electron chi connectivity index (χ1n) is 9.42. The molecule has 1 aliphatic carbocycles. The van der Waals surface area contributed by atoms with Crippen molar-refractivity contribution in [1.82, 2.24) is 15.6 Å². The van der Waals surface area contributed by atoms with E-state index in [0.29, 0.717) is 10.7 Å². The molecule has 1 heterocycles. The molecule has 1 aliphatic rings. The van der Waals surface area contributed by atoms with E-state index in [4.69, 9.17) is 4.74 Å². The van der Waals surface area contributed by atoms with Gasteiger partial charge in [0, 0.05) is 17.0 Å². The minimum Gasteiger partial charge on any atom is -0.452 e. The molecule has 0 aliphatic heterocycles. The maximum atomic E-state index is 13.0. The van der Waals surface area contributed by atoms with Crippen molar-refractivity contribution in [3.8, 4) is 10.6 Å². The number of urea groups is 1. The molecule has 1 atom stereocenters. The molecule has 2 N–H and O–H groups in total. The van der Waals surface area contributed by atoms with Crippen molar-refractivity contribution in [2.45, 2.75) is 51.2 Å². The van der Waals surface area contributed by atoms with Crippen LogP contribution in [0.4, 0.5) is 9.18 Å². The summed E-state index contributed by atoms with van der Waals surface area (Å²) in [5, 5.41) is 7.29. The SMILES string of the molecule is C[C@H](OC(=O)Cc1csc(-c2ccc(F)cc2)n1)C(=O)NC(=O)NC1CCCC1. The van der Waals surface area contributed by atoms with Crippen LogP contribution in [0.2, 0.25) is 0 Å². The smallest absolute Gasteiger partial charge is 0.321 e. The number of benzene rings is 1. The van der Waals surface area contributed by atoms with Crippen LogP contribution in [0.3, 0.4) is 0 Å². The van der Waals surface area contributed by atoms with Crippen LogP contribution in [0.15, 0.2) is 29.6 Å². The van der Waals surface area contributed by atoms with Crippen molar-refractivity contribution >= 4 is 29.2 Å². The predicted molar refractivity (Wildman–Crippen MR) is 106 cm³/mol. The van der Waals surface area contributed by atoms with Crippen molar-refractivity contribution in [2.24, 2.45) is 0 Å². The van der Waals surface area contributed by atoms with E-state index in [0.717, 1.165) is 31.2 Å². The second-order valence-corrected chi connectivity index (χ2v) is 7.76. The first-order chi connectivity index (χ1) is 13.9. The van der Waals surface area contributed by atoms with E-state index in [1.54, 1.807) is 17.5 Å². The van der Waals surface area contributed by atoms with Crippen LogP contribution in [0.1, 0.15) is 38.3 Å². The second-order valence-electron chi connectivity index (χ2n) is 6.90. The Balaban J connectivity index is 1.46. The second kappa shape index (κ2) is 9.60. The number of rotatable bonds is 6. The minimum atomic E-state index is -1.10. The van der Waals surface area contributed by atoms with E-state index < -0.39 is 24.0 Å². The van der Waals surface area contributed by atoms with Crippen LogP contribution in [0.5, 0.6) is 0 Å². The number of hydrogen-bond acceptors (Lipinski definition) is 6. The maximum Gasteiger partial charge on any atom is 0.321 e. The van der Waals surface area contributed by atoms with Crippen molar-refractivity contribution < 1.29 is 23.5 Å². The molecule has 0 spiro atoms. The molecule has 3 rings (SSSR count). The third kappa shape index (κ3) is 6.08. The maximum absolute atomic E-state index is 13.0. The average Bonchev–Trinajstić information content (AvgIpc) is 3.34. The van der Waals surface area contributed by atoms with Gasteiger partial charge in [0.25, 0.3) is 5.91 Å². The molecule has 2 aromatic rings. The van der Waals surface area contributed by atoms with E-state index in [1.807, 2.05) is 0 Å². The fourth-order valence-electron chi connectivity index (χ4n) is 3.06. The number of hydrogen-bond donors (Lipinski definition) is 2. The van der Waals surface area contributed by atoms with Crippen LogP contribution in [-0.4, -0.2) is 35.0 Å². The van der Waals surface area contributed by atoms with Gasteiger partial charge in [-0.05, 0) is 44.0 Å². The van der Waals surface area contributed by atoms with Gasteiger partial charge in [0.15, 0.2) is 6.10 Å². The lowest BCUT2D eigenvalue weighted by Crippen LogP contribution is -2.47. The normalized spacial score (nSPS) is 15.0. The first-order valence-corrected chi connectivity index (χ1v) is 10.3. The molecule has 1 fully saturated rings. The number of carbonyl (C=O) groups excluding carboxylic acids is 3. The van der Waals surface area contributed by atoms with E-state index in [-0.39, 0.29) is 18.3 Å². The van der Waals surface area contributed by atoms with Gasteiger partial charge in [-0.2, -0.15) is 0 Å². The summed E-state index contributed by atoms with van der Waals surface area (Å²) in [6, 6.07) is 5.41. The zero-order valence-corrected chi connectivity index (χ0v) is 16.8. The lowest BCUT2D eigenvalue weighted by atomic mass is 10.2. The molecular weight excluding hydrogens is 397 g/mol. The largest absolute Gasteiger partial charge is 0.452 e. The van der Waals surface area contributed by atoms with Crippen molar-refractivity contribution in [3.63, 3.8) is 0 Å². The molecule has 9 heteroatoms. The molecule has 3 amide bonds. The summed E-state index contributed by atoms with van der Waals surface area (Å²) in [4.78, 5) is 40.3. The molecule has 1 aromatic carbocycles. The molecule has 0 unspecified atom stereocenters. The Kier molecular flexibility index (Phi) is 6.92. The number of imide groups is 1. The predicted octanol–water partition coefficient (Wildman–Crippen LogP) is 3.19. The molecule has 29 heavy (non-hydrogen) atoms. The summed E-state index contributed by atoms with van der Waals surface area (Å²) in [7, 11) is 0. The highest BCUT2D eigenvalue weighted by molar-refractivity contribution is 7.13. The Morgan fingerprint density at radius 2 is 1.93 bits per heavy atom. The van der Waals surface area contributed by atoms with Crippen LogP contribution >= 0.6 is 11.3 Å². The van der Waals surface area contributed by atoms with Crippen molar-refractivity contribution in [1.29, 1.82) is 0 Å². The fraction of sp³-hybridized carbons (Fsp3) is 0.400. The van der Waals surface area contributed by atoms with Gasteiger partial charge in [-0.1, -0.05) is 12.8 Å². The molecular formula is C20H22FN3O4S. The number of ether oxygens (including phenoxy) is 1. The van der Waals surface area contributed by atoms with E-state index in [1.165, 1.54) is 30.4 Å². The summed E-state index contributed by atoms with van der Waals surface area (Å²) < 4.78 is 18.1. The van der Waals surface area contributed by atoms with Crippen LogP contribution in [-0.2, 0) is 20.7 Å². The number of halogens is 1. The van der Waals surface area contributed by atoms with Gasteiger partial charge in [-0.25, -0.2) is 14.2 Å². The molecule has 1 saturated carbocycles. The quantitative estimate of drug-likeness (QED) is 0.701. The van der Waals surface area contributed by atoms with Gasteiger partial charge in [-0.3, -0.25) is 14.9 Å². The topological polar surface area (TPSA) is 97.4 Å². The molecule has 154 valence electrons. The van der Waals surface area contributed by atoms with Gasteiger partial charge < -0.3 is 10.1 Å². The zero-order chi connectivity index (χ0) is 20.8. The standard InChI is InChI=1S/C20H22FN3O4S/c1-12(18(26)24-20(27)23-15-4-2-3-5-15)28-17(25)10-16-11-29-19(22-16)13-6-8-14(21)9-7-13/h6-9,11-12,15H,2-5,10H2,1H3,(H2,23,24,26,27)/t12-/m0/s1. The highest BCUT2D eigenvalue weighted by Gasteiger charge is 2.23. The third-order valence-electron chi connectivity index (χ3n) is 4.57. The number of aromatic nitrogens is 1. The molecule has 7 nitrogen and oxygen atoms in total. The average molecular weight is 419 g/mol. The lowest BCUT2D eigenvalue weighted by molar-refractivity contribution is -0.153. The minimum absolute atomic E-state index is 0.0839. The van der Waals surface area contributed by atoms with Crippen molar-refractivity contribution in [3.05, 3.63) is 41.2 Å². The van der Waals surface area contributed by atoms with E-state index >= 15 is 0 Å². The summed E-state index contributed by atoms with van der Waals surface area (Å²) in [6.07, 6.45) is 2.72. The summed E-state index contributed by atoms with van der Waals surface area (Å²) >= 11 is 1.33. The lowest BCUT2D eigenvalue weighted by Gasteiger charge is -2.15. The number of carbonyl (C=O) groups is 3. The zero-order valence-electron chi connectivity index (χ0n) is 15.9. The van der Waals surface area contributed by atoms with Gasteiger partial charge in [0.05, 0.1) is 12.1 Å². The number of amides is 3. The summed E-state index contributed by atoms with van der Waals surface area (Å²) in [5.41, 5.74) is 1.24. The Hall–Kier alpha value is -2.81. The highest BCUT2D eigenvalue weighted by atomic mass is 32.1. The summed E-state index contributed by atoms with van der Waals surface area (Å²) in [6.45, 7) is 1.40. The Bertz CT molecular complexity index is 878. The monoisotopic (exact) mass is 419 g/mol. The van der Waals surface area contributed by atoms with Crippen LogP contribution < -0.4 is 10.6 Å². The molecule has 0 bridgehead atoms. The number of esters is 1. The number of nitrogens with zero attached hydrogens (tertiary/aromatic N) is 1. The van der Waals surface area contributed by atoms with Gasteiger partial charge in [-0.15, -0.1) is 11.3 Å². The Labute approximate surface area is 171 Å². The first kappa shape index (κ1) is 20.9. The number of thiazole rings is 1. The van der Waals surface area contributed by atoms with Crippen LogP contribution in [0.25, 0.3) is 10.6 Å². The van der Waals surface area contributed by atoms with Gasteiger partial charge in [0.2, 0.25) is 0 Å². The van der Waals surface area contributed by atoms with Gasteiger partial charge in [0.1, 0.15) is 10.8 Å². The Morgan fingerprint density at radius 1 is 1.24 bits per heavy atom. The molecule has 1 aromatic heterocycles. The number of nitrogens with one attached hydrogen (secondary N) is 2. The summed E-state index contributed by atoms with van der Waals surface area (Å²) in [5.74, 6) is -1.64. The fourth-order valence-corrected chi connectivity index (χ4v) is 3.88. The third-order valence-corrected chi connectivity index (χ3v) is 5.51.